The number of hydrogen-bond donors (Lipinski definition) is 0. The van der Waals surface area contributed by atoms with Crippen LogP contribution in [-0.2, 0) is 8.85 Å². The lowest BCUT2D eigenvalue weighted by Crippen LogP contribution is -2.41. The van der Waals surface area contributed by atoms with Gasteiger partial charge in [0, 0.05) is 12.7 Å². The van der Waals surface area contributed by atoms with Crippen LogP contribution in [-0.4, -0.2) is 21.3 Å². The molecule has 0 amide bonds. The molecule has 0 aliphatic carbocycles. The molecule has 2 unspecified atom stereocenters. The third-order valence-electron chi connectivity index (χ3n) is 4.40. The molecule has 3 heteroatoms. The fourth-order valence-electron chi connectivity index (χ4n) is 2.82. The molecule has 0 bridgehead atoms. The summed E-state index contributed by atoms with van der Waals surface area (Å²) in [6.07, 6.45) is 15.5. The summed E-state index contributed by atoms with van der Waals surface area (Å²) in [6.45, 7) is 13.7. The molecule has 2 atom stereocenters. The highest BCUT2D eigenvalue weighted by Gasteiger charge is 2.30. The van der Waals surface area contributed by atoms with Gasteiger partial charge in [-0.2, -0.15) is 0 Å². The van der Waals surface area contributed by atoms with E-state index in [1.54, 1.807) is 0 Å². The number of unbranched alkanes of at least 4 members (excludes halogenated alkanes) is 7. The van der Waals surface area contributed by atoms with Crippen LogP contribution in [0.4, 0.5) is 0 Å². The van der Waals surface area contributed by atoms with Crippen molar-refractivity contribution in [3.63, 3.8) is 0 Å². The molecule has 0 aromatic heterocycles. The van der Waals surface area contributed by atoms with Gasteiger partial charge in [-0.25, -0.2) is 0 Å². The van der Waals surface area contributed by atoms with Crippen LogP contribution in [0.1, 0.15) is 97.8 Å². The molecule has 138 valence electrons. The Morgan fingerprint density at radius 1 is 0.826 bits per heavy atom. The van der Waals surface area contributed by atoms with E-state index < -0.39 is 8.56 Å². The zero-order chi connectivity index (χ0) is 17.4. The topological polar surface area (TPSA) is 18.5 Å². The zero-order valence-corrected chi connectivity index (χ0v) is 17.4. The predicted molar refractivity (Wildman–Crippen MR) is 105 cm³/mol. The summed E-state index contributed by atoms with van der Waals surface area (Å²) < 4.78 is 12.5. The van der Waals surface area contributed by atoms with Crippen molar-refractivity contribution in [1.82, 2.24) is 0 Å². The zero-order valence-electron chi connectivity index (χ0n) is 16.4. The molecule has 0 aromatic carbocycles. The van der Waals surface area contributed by atoms with Gasteiger partial charge in [-0.05, 0) is 31.5 Å². The fourth-order valence-corrected chi connectivity index (χ4v) is 4.55. The first kappa shape index (κ1) is 22.9. The summed E-state index contributed by atoms with van der Waals surface area (Å²) >= 11 is 0. The number of hydrogen-bond acceptors (Lipinski definition) is 2. The quantitative estimate of drug-likeness (QED) is 0.211. The lowest BCUT2D eigenvalue weighted by atomic mass is 10.1. The van der Waals surface area contributed by atoms with Crippen LogP contribution < -0.4 is 0 Å². The lowest BCUT2D eigenvalue weighted by Gasteiger charge is -2.29. The molecule has 0 fully saturated rings. The molecule has 0 radical (unpaired) electrons. The van der Waals surface area contributed by atoms with E-state index in [1.165, 1.54) is 57.8 Å². The molecule has 0 aromatic rings. The van der Waals surface area contributed by atoms with Gasteiger partial charge in [0.2, 0.25) is 0 Å². The summed E-state index contributed by atoms with van der Waals surface area (Å²) in [7, 11) is -2.19. The molecule has 0 rings (SSSR count). The van der Waals surface area contributed by atoms with E-state index in [-0.39, 0.29) is 0 Å². The van der Waals surface area contributed by atoms with E-state index in [0.29, 0.717) is 6.10 Å². The summed E-state index contributed by atoms with van der Waals surface area (Å²) in [4.78, 5) is 0. The Morgan fingerprint density at radius 2 is 1.43 bits per heavy atom. The van der Waals surface area contributed by atoms with Gasteiger partial charge in [0.15, 0.2) is 0 Å². The van der Waals surface area contributed by atoms with Gasteiger partial charge in [-0.15, -0.1) is 6.58 Å². The van der Waals surface area contributed by atoms with Crippen LogP contribution in [0.15, 0.2) is 12.3 Å². The standard InChI is InChI=1S/C20H42O2Si/c1-6-10-12-13-14-15-16-19-21-23(5,9-4)22-20(17-8-3)18-11-7-2/h9,20H,4,6-8,10-19H2,1-3,5H3. The van der Waals surface area contributed by atoms with Gasteiger partial charge in [0.1, 0.15) is 0 Å². The molecule has 23 heavy (non-hydrogen) atoms. The normalized spacial score (nSPS) is 15.3. The summed E-state index contributed by atoms with van der Waals surface area (Å²) in [5.41, 5.74) is 1.96. The largest absolute Gasteiger partial charge is 0.391 e. The Kier molecular flexibility index (Phi) is 15.3. The van der Waals surface area contributed by atoms with Crippen molar-refractivity contribution in [3.05, 3.63) is 12.3 Å². The first-order valence-electron chi connectivity index (χ1n) is 10.1. The minimum atomic E-state index is -2.19. The minimum absolute atomic E-state index is 0.351. The third kappa shape index (κ3) is 12.9. The first-order chi connectivity index (χ1) is 11.1. The van der Waals surface area contributed by atoms with Gasteiger partial charge >= 0.3 is 8.56 Å². The Bertz CT molecular complexity index is 270. The van der Waals surface area contributed by atoms with E-state index >= 15 is 0 Å². The second kappa shape index (κ2) is 15.4. The van der Waals surface area contributed by atoms with Crippen LogP contribution in [0.3, 0.4) is 0 Å². The first-order valence-corrected chi connectivity index (χ1v) is 12.5. The molecule has 0 heterocycles. The van der Waals surface area contributed by atoms with E-state index in [4.69, 9.17) is 8.85 Å². The van der Waals surface area contributed by atoms with Crippen LogP contribution in [0, 0.1) is 0 Å². The molecule has 0 saturated carbocycles. The molecular weight excluding hydrogens is 300 g/mol. The van der Waals surface area contributed by atoms with Crippen molar-refractivity contribution in [2.75, 3.05) is 6.61 Å². The predicted octanol–water partition coefficient (Wildman–Crippen LogP) is 6.93. The Hall–Kier alpha value is -0.123. The molecule has 0 aliphatic rings. The van der Waals surface area contributed by atoms with Crippen LogP contribution in [0.25, 0.3) is 0 Å². The summed E-state index contributed by atoms with van der Waals surface area (Å²) in [6, 6.07) is 0. The molecule has 0 saturated heterocycles. The number of rotatable bonds is 17. The van der Waals surface area contributed by atoms with Crippen LogP contribution >= 0.6 is 0 Å². The van der Waals surface area contributed by atoms with E-state index in [9.17, 15) is 0 Å². The van der Waals surface area contributed by atoms with E-state index in [2.05, 4.69) is 33.9 Å². The maximum absolute atomic E-state index is 6.39. The lowest BCUT2D eigenvalue weighted by molar-refractivity contribution is 0.108. The second-order valence-corrected chi connectivity index (χ2v) is 9.83. The molecule has 0 spiro atoms. The molecular formula is C20H42O2Si. The molecule has 0 aliphatic heterocycles. The average molecular weight is 343 g/mol. The van der Waals surface area contributed by atoms with Gasteiger partial charge in [0.05, 0.1) is 0 Å². The highest BCUT2D eigenvalue weighted by atomic mass is 28.4. The Balaban J connectivity index is 3.99. The Labute approximate surface area is 147 Å². The second-order valence-electron chi connectivity index (χ2n) is 6.86. The van der Waals surface area contributed by atoms with Crippen molar-refractivity contribution in [3.8, 4) is 0 Å². The monoisotopic (exact) mass is 342 g/mol. The minimum Gasteiger partial charge on any atom is -0.391 e. The third-order valence-corrected chi connectivity index (χ3v) is 6.72. The average Bonchev–Trinajstić information content (AvgIpc) is 2.55. The maximum Gasteiger partial charge on any atom is 0.361 e. The van der Waals surface area contributed by atoms with Crippen molar-refractivity contribution in [1.29, 1.82) is 0 Å². The fraction of sp³-hybridized carbons (Fsp3) is 0.900. The van der Waals surface area contributed by atoms with Gasteiger partial charge in [-0.3, -0.25) is 0 Å². The maximum atomic E-state index is 6.39. The van der Waals surface area contributed by atoms with Gasteiger partial charge < -0.3 is 8.85 Å². The highest BCUT2D eigenvalue weighted by Crippen LogP contribution is 2.19. The van der Waals surface area contributed by atoms with E-state index in [0.717, 1.165) is 25.9 Å². The Morgan fingerprint density at radius 3 is 2.00 bits per heavy atom. The van der Waals surface area contributed by atoms with Crippen molar-refractivity contribution >= 4 is 8.56 Å². The molecule has 0 N–H and O–H groups in total. The summed E-state index contributed by atoms with van der Waals surface area (Å²) in [5.74, 6) is 0. The summed E-state index contributed by atoms with van der Waals surface area (Å²) in [5, 5.41) is 0. The van der Waals surface area contributed by atoms with E-state index in [1.807, 2.05) is 5.70 Å². The molecule has 2 nitrogen and oxygen atoms in total. The van der Waals surface area contributed by atoms with Crippen LogP contribution in [0.2, 0.25) is 6.55 Å². The SMILES string of the molecule is C=C[Si](C)(OCCCCCCCCC)OC(CCC)CCCC. The van der Waals surface area contributed by atoms with Crippen molar-refractivity contribution < 1.29 is 8.85 Å². The van der Waals surface area contributed by atoms with Gasteiger partial charge in [0.25, 0.3) is 0 Å². The highest BCUT2D eigenvalue weighted by molar-refractivity contribution is 6.71. The van der Waals surface area contributed by atoms with Crippen molar-refractivity contribution in [2.45, 2.75) is 110 Å². The van der Waals surface area contributed by atoms with Gasteiger partial charge in [-0.1, -0.05) is 78.6 Å². The smallest absolute Gasteiger partial charge is 0.361 e. The van der Waals surface area contributed by atoms with Crippen LogP contribution in [0.5, 0.6) is 0 Å². The van der Waals surface area contributed by atoms with Crippen molar-refractivity contribution in [2.24, 2.45) is 0 Å².